The lowest BCUT2D eigenvalue weighted by Gasteiger charge is -2.38. The van der Waals surface area contributed by atoms with Crippen LogP contribution in [0.25, 0.3) is 0 Å². The van der Waals surface area contributed by atoms with Crippen molar-refractivity contribution >= 4 is 24.2 Å². The van der Waals surface area contributed by atoms with Gasteiger partial charge in [-0.2, -0.15) is 13.2 Å². The summed E-state index contributed by atoms with van der Waals surface area (Å²) >= 11 is 0.559. The molecule has 0 saturated carbocycles. The number of alkyl halides is 3. The molecule has 5 nitrogen and oxygen atoms in total. The Morgan fingerprint density at radius 3 is 2.22 bits per heavy atom. The van der Waals surface area contributed by atoms with Crippen LogP contribution in [-0.2, 0) is 23.6 Å². The zero-order valence-electron chi connectivity index (χ0n) is 19.2. The van der Waals surface area contributed by atoms with E-state index in [-0.39, 0.29) is 12.0 Å². The number of nitrogens with zero attached hydrogens (tertiary/aromatic N) is 1. The highest BCUT2D eigenvalue weighted by molar-refractivity contribution is 7.53. The molecule has 180 valence electrons. The molecule has 10 heteroatoms. The smallest absolute Gasteiger partial charge is 0.416 e. The Hall–Kier alpha value is -0.808. The van der Waals surface area contributed by atoms with Crippen LogP contribution in [-0.4, -0.2) is 60.1 Å². The Balaban J connectivity index is 1.86. The number of hydrogen-bond acceptors (Lipinski definition) is 5. The Kier molecular flexibility index (Phi) is 10.8. The van der Waals surface area contributed by atoms with Gasteiger partial charge in [0.05, 0.1) is 31.0 Å². The van der Waals surface area contributed by atoms with Gasteiger partial charge >= 0.3 is 30.4 Å². The molecule has 0 unspecified atom stereocenters. The molecule has 1 aromatic carbocycles. The van der Waals surface area contributed by atoms with Gasteiger partial charge in [0, 0.05) is 18.8 Å². The van der Waals surface area contributed by atoms with E-state index >= 15 is 0 Å². The fourth-order valence-corrected chi connectivity index (χ4v) is 6.30. The van der Waals surface area contributed by atoms with Crippen LogP contribution in [0.15, 0.2) is 36.5 Å². The number of benzene rings is 1. The van der Waals surface area contributed by atoms with Gasteiger partial charge in [0.25, 0.3) is 0 Å². The molecular formula is C22H34AlF3NO4P. The molecule has 1 aliphatic rings. The highest BCUT2D eigenvalue weighted by Gasteiger charge is 2.31. The zero-order valence-corrected chi connectivity index (χ0v) is 22.1. The van der Waals surface area contributed by atoms with Gasteiger partial charge in [-0.1, -0.05) is 18.7 Å². The van der Waals surface area contributed by atoms with Crippen molar-refractivity contribution in [3.8, 4) is 0 Å². The Bertz CT molecular complexity index is 757. The number of piperidine rings is 1. The highest BCUT2D eigenvalue weighted by Crippen LogP contribution is 2.49. The second-order valence-electron chi connectivity index (χ2n) is 7.91. The first-order valence-corrected chi connectivity index (χ1v) is 13.7. The number of rotatable bonds is 12. The SMILES string of the molecule is C=C([C@H](CCCP(=O)(OCC)OCC)[O][AlH2])N1CCC(c2ccc(C(F)(F)F)cc2)CC1. The molecule has 0 spiro atoms. The molecule has 0 radical (unpaired) electrons. The van der Waals surface area contributed by atoms with Crippen LogP contribution in [0.2, 0.25) is 0 Å². The largest absolute Gasteiger partial charge is 0.499 e. The third kappa shape index (κ3) is 7.90. The summed E-state index contributed by atoms with van der Waals surface area (Å²) < 4.78 is 67.5. The summed E-state index contributed by atoms with van der Waals surface area (Å²) in [6, 6.07) is 5.51. The second-order valence-corrected chi connectivity index (χ2v) is 10.6. The lowest BCUT2D eigenvalue weighted by Crippen LogP contribution is -2.37. The van der Waals surface area contributed by atoms with Crippen molar-refractivity contribution in [1.82, 2.24) is 4.90 Å². The van der Waals surface area contributed by atoms with Crippen LogP contribution in [0.4, 0.5) is 13.2 Å². The topological polar surface area (TPSA) is 48.0 Å². The second kappa shape index (κ2) is 12.6. The van der Waals surface area contributed by atoms with Gasteiger partial charge in [0.2, 0.25) is 0 Å². The van der Waals surface area contributed by atoms with Crippen LogP contribution in [0, 0.1) is 0 Å². The van der Waals surface area contributed by atoms with E-state index in [1.165, 1.54) is 0 Å². The Morgan fingerprint density at radius 2 is 1.75 bits per heavy atom. The van der Waals surface area contributed by atoms with E-state index in [0.717, 1.165) is 49.3 Å². The minimum Gasteiger partial charge on any atom is -0.499 e. The molecule has 1 saturated heterocycles. The average molecular weight is 491 g/mol. The summed E-state index contributed by atoms with van der Waals surface area (Å²) in [5.74, 6) is 0.236. The zero-order chi connectivity index (χ0) is 23.8. The van der Waals surface area contributed by atoms with Crippen LogP contribution >= 0.6 is 7.60 Å². The third-order valence-electron chi connectivity index (χ3n) is 5.82. The summed E-state index contributed by atoms with van der Waals surface area (Å²) in [5, 5.41) is 0. The van der Waals surface area contributed by atoms with Crippen molar-refractivity contribution in [3.05, 3.63) is 47.7 Å². The number of hydrogen-bond donors (Lipinski definition) is 0. The van der Waals surface area contributed by atoms with Crippen molar-refractivity contribution < 1.29 is 30.6 Å². The lowest BCUT2D eigenvalue weighted by atomic mass is 9.88. The van der Waals surface area contributed by atoms with E-state index < -0.39 is 19.3 Å². The van der Waals surface area contributed by atoms with Gasteiger partial charge in [-0.05, 0) is 63.1 Å². The first kappa shape index (κ1) is 27.4. The molecule has 2 rings (SSSR count). The monoisotopic (exact) mass is 491 g/mol. The van der Waals surface area contributed by atoms with E-state index in [1.807, 2.05) is 0 Å². The van der Waals surface area contributed by atoms with Gasteiger partial charge in [-0.25, -0.2) is 0 Å². The summed E-state index contributed by atoms with van der Waals surface area (Å²) in [6.45, 7) is 10.1. The molecule has 1 heterocycles. The standard InChI is InChI=1S/C22H32F3NO4P.Al.2H/c1-4-29-31(28,30-5-2)16-6-7-21(27)17(3)26-14-12-19(13-15-26)18-8-10-20(11-9-18)22(23,24)25;;;/h8-11,19,21H,3-7,12-16H2,1-2H3;;;/q-1;+1;;/t21-;;;/m0.../s1. The molecular weight excluding hydrogens is 457 g/mol. The molecule has 0 N–H and O–H groups in total. The van der Waals surface area contributed by atoms with Crippen LogP contribution in [0.1, 0.15) is 56.6 Å². The van der Waals surface area contributed by atoms with Gasteiger partial charge in [0.15, 0.2) is 0 Å². The van der Waals surface area contributed by atoms with Crippen LogP contribution in [0.5, 0.6) is 0 Å². The van der Waals surface area contributed by atoms with Gasteiger partial charge in [-0.3, -0.25) is 4.57 Å². The maximum Gasteiger partial charge on any atom is 0.416 e. The molecule has 0 amide bonds. The first-order valence-electron chi connectivity index (χ1n) is 11.1. The quantitative estimate of drug-likeness (QED) is 0.290. The summed E-state index contributed by atoms with van der Waals surface area (Å²) in [4.78, 5) is 2.20. The van der Waals surface area contributed by atoms with E-state index in [4.69, 9.17) is 12.8 Å². The molecule has 1 aromatic rings. The lowest BCUT2D eigenvalue weighted by molar-refractivity contribution is -0.137. The van der Waals surface area contributed by atoms with Gasteiger partial charge < -0.3 is 17.7 Å². The van der Waals surface area contributed by atoms with Gasteiger partial charge in [0.1, 0.15) is 0 Å². The maximum atomic E-state index is 12.8. The Morgan fingerprint density at radius 1 is 1.19 bits per heavy atom. The Labute approximate surface area is 197 Å². The van der Waals surface area contributed by atoms with Crippen molar-refractivity contribution in [1.29, 1.82) is 0 Å². The summed E-state index contributed by atoms with van der Waals surface area (Å²) in [7, 11) is -3.06. The van der Waals surface area contributed by atoms with Crippen molar-refractivity contribution in [2.24, 2.45) is 0 Å². The van der Waals surface area contributed by atoms with E-state index in [0.29, 0.717) is 48.8 Å². The number of likely N-dealkylation sites (tertiary alicyclic amines) is 1. The normalized spacial score (nSPS) is 16.8. The highest BCUT2D eigenvalue weighted by atomic mass is 31.2. The molecule has 32 heavy (non-hydrogen) atoms. The summed E-state index contributed by atoms with van der Waals surface area (Å²) in [6.07, 6.45) is -1.07. The third-order valence-corrected chi connectivity index (χ3v) is 8.55. The maximum absolute atomic E-state index is 12.8. The van der Waals surface area contributed by atoms with Crippen molar-refractivity contribution in [2.75, 3.05) is 32.5 Å². The van der Waals surface area contributed by atoms with Crippen molar-refractivity contribution in [2.45, 2.75) is 57.7 Å². The minimum absolute atomic E-state index is 0.138. The molecule has 1 aliphatic heterocycles. The average Bonchev–Trinajstić information content (AvgIpc) is 2.76. The van der Waals surface area contributed by atoms with Gasteiger partial charge in [-0.15, -0.1) is 0 Å². The molecule has 1 atom stereocenters. The molecule has 0 aromatic heterocycles. The molecule has 0 aliphatic carbocycles. The fraction of sp³-hybridized carbons (Fsp3) is 0.636. The molecule has 0 bridgehead atoms. The van der Waals surface area contributed by atoms with E-state index in [2.05, 4.69) is 11.5 Å². The first-order chi connectivity index (χ1) is 15.1. The summed E-state index contributed by atoms with van der Waals surface area (Å²) in [5.41, 5.74) is 1.24. The fourth-order valence-electron chi connectivity index (χ4n) is 4.10. The predicted molar refractivity (Wildman–Crippen MR) is 123 cm³/mol. The molecule has 1 fully saturated rings. The minimum atomic E-state index is -4.31. The number of halogens is 3. The van der Waals surface area contributed by atoms with Crippen LogP contribution < -0.4 is 0 Å². The van der Waals surface area contributed by atoms with Crippen LogP contribution in [0.3, 0.4) is 0 Å². The van der Waals surface area contributed by atoms with Crippen molar-refractivity contribution in [3.63, 3.8) is 0 Å². The van der Waals surface area contributed by atoms with E-state index in [9.17, 15) is 17.7 Å². The van der Waals surface area contributed by atoms with E-state index in [1.54, 1.807) is 26.0 Å². The predicted octanol–water partition coefficient (Wildman–Crippen LogP) is 5.38.